The van der Waals surface area contributed by atoms with Gasteiger partial charge in [0.15, 0.2) is 0 Å². The molecule has 0 spiro atoms. The Labute approximate surface area is 162 Å². The van der Waals surface area contributed by atoms with E-state index in [0.717, 1.165) is 33.0 Å². The highest BCUT2D eigenvalue weighted by atomic mass is 35.5. The summed E-state index contributed by atoms with van der Waals surface area (Å²) in [6, 6.07) is 25.3. The van der Waals surface area contributed by atoms with E-state index in [1.54, 1.807) is 0 Å². The molecule has 136 valence electrons. The Morgan fingerprint density at radius 3 is 2.30 bits per heavy atom. The zero-order chi connectivity index (χ0) is 18.6. The van der Waals surface area contributed by atoms with Crippen LogP contribution in [0.5, 0.6) is 11.5 Å². The Kier molecular flexibility index (Phi) is 5.14. The number of hydrogen-bond acceptors (Lipinski definition) is 3. The minimum absolute atomic E-state index is 0.127. The maximum atomic E-state index is 10.3. The van der Waals surface area contributed by atoms with Crippen molar-refractivity contribution in [3.8, 4) is 11.5 Å². The Bertz CT molecular complexity index is 1060. The summed E-state index contributed by atoms with van der Waals surface area (Å²) in [6.07, 6.45) is -0.751. The van der Waals surface area contributed by atoms with Gasteiger partial charge in [0, 0.05) is 15.8 Å². The van der Waals surface area contributed by atoms with Crippen molar-refractivity contribution in [3.63, 3.8) is 0 Å². The van der Waals surface area contributed by atoms with Gasteiger partial charge in [0.2, 0.25) is 0 Å². The number of fused-ring (bicyclic) bond motifs is 2. The first kappa shape index (κ1) is 17.7. The van der Waals surface area contributed by atoms with Gasteiger partial charge in [0.1, 0.15) is 30.8 Å². The fourth-order valence-corrected chi connectivity index (χ4v) is 3.26. The molecule has 4 aromatic rings. The molecule has 0 aliphatic rings. The summed E-state index contributed by atoms with van der Waals surface area (Å²) in [5.41, 5.74) is 0. The summed E-state index contributed by atoms with van der Waals surface area (Å²) in [7, 11) is 0. The van der Waals surface area contributed by atoms with Crippen LogP contribution in [0.15, 0.2) is 78.9 Å². The van der Waals surface area contributed by atoms with Gasteiger partial charge in [-0.3, -0.25) is 0 Å². The lowest BCUT2D eigenvalue weighted by molar-refractivity contribution is 0.0637. The predicted molar refractivity (Wildman–Crippen MR) is 110 cm³/mol. The van der Waals surface area contributed by atoms with Gasteiger partial charge in [-0.25, -0.2) is 0 Å². The highest BCUT2D eigenvalue weighted by Crippen LogP contribution is 2.36. The van der Waals surface area contributed by atoms with Crippen LogP contribution in [0.4, 0.5) is 0 Å². The van der Waals surface area contributed by atoms with E-state index >= 15 is 0 Å². The zero-order valence-corrected chi connectivity index (χ0v) is 15.4. The minimum atomic E-state index is -0.751. The lowest BCUT2D eigenvalue weighted by Crippen LogP contribution is -2.25. The van der Waals surface area contributed by atoms with Crippen molar-refractivity contribution in [1.29, 1.82) is 0 Å². The summed E-state index contributed by atoms with van der Waals surface area (Å²) in [4.78, 5) is 0. The summed E-state index contributed by atoms with van der Waals surface area (Å²) in [6.45, 7) is 0.288. The number of hydrogen-bond donors (Lipinski definition) is 1. The van der Waals surface area contributed by atoms with Crippen molar-refractivity contribution in [2.45, 2.75) is 6.10 Å². The third-order valence-corrected chi connectivity index (χ3v) is 4.62. The van der Waals surface area contributed by atoms with E-state index < -0.39 is 6.10 Å². The molecule has 0 saturated carbocycles. The molecule has 0 radical (unpaired) electrons. The fraction of sp³-hybridized carbons (Fsp3) is 0.130. The Balaban J connectivity index is 1.57. The van der Waals surface area contributed by atoms with Crippen LogP contribution in [0, 0.1) is 0 Å². The van der Waals surface area contributed by atoms with E-state index in [4.69, 9.17) is 21.1 Å². The standard InChI is InChI=1S/C23H19ClO3/c24-18-11-10-17-12-16-6-4-5-9-21(16)23(22(17)13-18)27-15-19(25)14-26-20-7-2-1-3-8-20/h1-13,19,25H,14-15H2. The molecule has 1 N–H and O–H groups in total. The van der Waals surface area contributed by atoms with Crippen LogP contribution in [0.3, 0.4) is 0 Å². The van der Waals surface area contributed by atoms with Crippen LogP contribution in [0.1, 0.15) is 0 Å². The van der Waals surface area contributed by atoms with Gasteiger partial charge in [0.05, 0.1) is 0 Å². The van der Waals surface area contributed by atoms with Gasteiger partial charge < -0.3 is 14.6 Å². The molecule has 0 saturated heterocycles. The topological polar surface area (TPSA) is 38.7 Å². The van der Waals surface area contributed by atoms with Gasteiger partial charge in [-0.2, -0.15) is 0 Å². The summed E-state index contributed by atoms with van der Waals surface area (Å²) >= 11 is 6.20. The highest BCUT2D eigenvalue weighted by Gasteiger charge is 2.12. The van der Waals surface area contributed by atoms with Gasteiger partial charge in [-0.05, 0) is 41.1 Å². The molecule has 4 aromatic carbocycles. The Hall–Kier alpha value is -2.75. The zero-order valence-electron chi connectivity index (χ0n) is 14.6. The lowest BCUT2D eigenvalue weighted by atomic mass is 10.0. The van der Waals surface area contributed by atoms with Crippen LogP contribution in [0.25, 0.3) is 21.5 Å². The molecule has 0 heterocycles. The third kappa shape index (κ3) is 4.00. The average molecular weight is 379 g/mol. The number of aliphatic hydroxyl groups is 1. The first-order valence-electron chi connectivity index (χ1n) is 8.80. The van der Waals surface area contributed by atoms with E-state index in [1.165, 1.54) is 0 Å². The van der Waals surface area contributed by atoms with Crippen molar-refractivity contribution in [2.75, 3.05) is 13.2 Å². The molecule has 0 aliphatic carbocycles. The van der Waals surface area contributed by atoms with Gasteiger partial charge in [-0.1, -0.05) is 60.1 Å². The summed E-state index contributed by atoms with van der Waals surface area (Å²) < 4.78 is 11.6. The number of benzene rings is 4. The minimum Gasteiger partial charge on any atom is -0.491 e. The molecule has 0 amide bonds. The molecule has 4 heteroatoms. The molecular weight excluding hydrogens is 360 g/mol. The second-order valence-corrected chi connectivity index (χ2v) is 6.82. The molecule has 0 aromatic heterocycles. The average Bonchev–Trinajstić information content (AvgIpc) is 2.70. The van der Waals surface area contributed by atoms with Crippen LogP contribution >= 0.6 is 11.6 Å². The van der Waals surface area contributed by atoms with E-state index in [9.17, 15) is 5.11 Å². The number of halogens is 1. The predicted octanol–water partition coefficient (Wildman–Crippen LogP) is 5.47. The van der Waals surface area contributed by atoms with Gasteiger partial charge in [-0.15, -0.1) is 0 Å². The fourth-order valence-electron chi connectivity index (χ4n) is 3.09. The van der Waals surface area contributed by atoms with Crippen molar-refractivity contribution in [3.05, 3.63) is 83.9 Å². The van der Waals surface area contributed by atoms with Crippen LogP contribution in [-0.2, 0) is 0 Å². The Morgan fingerprint density at radius 2 is 1.44 bits per heavy atom. The van der Waals surface area contributed by atoms with Crippen molar-refractivity contribution in [2.24, 2.45) is 0 Å². The normalized spacial score (nSPS) is 12.2. The smallest absolute Gasteiger partial charge is 0.135 e. The molecular formula is C23H19ClO3. The first-order chi connectivity index (χ1) is 13.2. The van der Waals surface area contributed by atoms with E-state index in [1.807, 2.05) is 72.8 Å². The molecule has 27 heavy (non-hydrogen) atoms. The monoisotopic (exact) mass is 378 g/mol. The maximum Gasteiger partial charge on any atom is 0.135 e. The lowest BCUT2D eigenvalue weighted by Gasteiger charge is -2.17. The van der Waals surface area contributed by atoms with Crippen molar-refractivity contribution in [1.82, 2.24) is 0 Å². The second kappa shape index (κ2) is 7.87. The third-order valence-electron chi connectivity index (χ3n) is 4.38. The number of aliphatic hydroxyl groups excluding tert-OH is 1. The molecule has 4 rings (SSSR count). The molecule has 0 fully saturated rings. The number of para-hydroxylation sites is 1. The van der Waals surface area contributed by atoms with E-state index in [2.05, 4.69) is 6.07 Å². The summed E-state index contributed by atoms with van der Waals surface area (Å²) in [5, 5.41) is 15.0. The molecule has 1 atom stereocenters. The van der Waals surface area contributed by atoms with Crippen molar-refractivity contribution >= 4 is 33.1 Å². The molecule has 1 unspecified atom stereocenters. The van der Waals surface area contributed by atoms with Gasteiger partial charge in [0.25, 0.3) is 0 Å². The van der Waals surface area contributed by atoms with E-state index in [-0.39, 0.29) is 13.2 Å². The largest absolute Gasteiger partial charge is 0.491 e. The summed E-state index contributed by atoms with van der Waals surface area (Å²) in [5.74, 6) is 1.45. The molecule has 0 bridgehead atoms. The van der Waals surface area contributed by atoms with Gasteiger partial charge >= 0.3 is 0 Å². The van der Waals surface area contributed by atoms with Crippen molar-refractivity contribution < 1.29 is 14.6 Å². The number of ether oxygens (including phenoxy) is 2. The van der Waals surface area contributed by atoms with Crippen LogP contribution in [0.2, 0.25) is 5.02 Å². The second-order valence-electron chi connectivity index (χ2n) is 6.38. The van der Waals surface area contributed by atoms with Crippen LogP contribution in [-0.4, -0.2) is 24.4 Å². The highest BCUT2D eigenvalue weighted by molar-refractivity contribution is 6.31. The van der Waals surface area contributed by atoms with E-state index in [0.29, 0.717) is 5.02 Å². The maximum absolute atomic E-state index is 10.3. The molecule has 3 nitrogen and oxygen atoms in total. The number of rotatable bonds is 6. The van der Waals surface area contributed by atoms with Crippen LogP contribution < -0.4 is 9.47 Å². The molecule has 0 aliphatic heterocycles. The SMILES string of the molecule is OC(COc1ccccc1)COc1c2ccccc2cc2ccc(Cl)cc12. The quantitative estimate of drug-likeness (QED) is 0.452. The first-order valence-corrected chi connectivity index (χ1v) is 9.18. The Morgan fingerprint density at radius 1 is 0.741 bits per heavy atom.